The van der Waals surface area contributed by atoms with Crippen molar-refractivity contribution in [1.29, 1.82) is 0 Å². The molecule has 2 atom stereocenters. The lowest BCUT2D eigenvalue weighted by molar-refractivity contribution is -0.158. The highest BCUT2D eigenvalue weighted by Gasteiger charge is 2.36. The summed E-state index contributed by atoms with van der Waals surface area (Å²) >= 11 is 6.11. The molecule has 7 heteroatoms. The summed E-state index contributed by atoms with van der Waals surface area (Å²) in [6.07, 6.45) is -0.782. The van der Waals surface area contributed by atoms with Crippen LogP contribution in [0, 0.1) is 5.92 Å². The maximum absolute atomic E-state index is 12.2. The third-order valence-electron chi connectivity index (χ3n) is 3.88. The van der Waals surface area contributed by atoms with Crippen molar-refractivity contribution in [2.45, 2.75) is 32.9 Å². The Balaban J connectivity index is 1.93. The van der Waals surface area contributed by atoms with E-state index in [1.807, 2.05) is 18.2 Å². The Morgan fingerprint density at radius 2 is 2.12 bits per heavy atom. The minimum absolute atomic E-state index is 0.0887. The SMILES string of the molecule is CCNC(=O)[C@@H](C)OC(=O)[C@H]1CC(=O)N(Cc2ccccc2Cl)C1. The minimum Gasteiger partial charge on any atom is -0.452 e. The second-order valence-corrected chi connectivity index (χ2v) is 6.15. The third-order valence-corrected chi connectivity index (χ3v) is 4.25. The number of hydrogen-bond donors (Lipinski definition) is 1. The van der Waals surface area contributed by atoms with E-state index in [0.29, 0.717) is 18.1 Å². The van der Waals surface area contributed by atoms with Gasteiger partial charge in [-0.3, -0.25) is 14.4 Å². The zero-order valence-corrected chi connectivity index (χ0v) is 14.5. The molecular weight excluding hydrogens is 332 g/mol. The van der Waals surface area contributed by atoms with E-state index in [1.165, 1.54) is 6.92 Å². The van der Waals surface area contributed by atoms with Crippen molar-refractivity contribution in [3.05, 3.63) is 34.9 Å². The summed E-state index contributed by atoms with van der Waals surface area (Å²) in [5, 5.41) is 3.17. The molecule has 130 valence electrons. The second kappa shape index (κ2) is 8.15. The monoisotopic (exact) mass is 352 g/mol. The normalized spacial score (nSPS) is 18.4. The molecule has 0 aliphatic carbocycles. The van der Waals surface area contributed by atoms with Crippen LogP contribution in [0.2, 0.25) is 5.02 Å². The van der Waals surface area contributed by atoms with Crippen LogP contribution in [-0.2, 0) is 25.7 Å². The molecule has 0 unspecified atom stereocenters. The fourth-order valence-electron chi connectivity index (χ4n) is 2.56. The first kappa shape index (κ1) is 18.3. The van der Waals surface area contributed by atoms with Crippen LogP contribution in [-0.4, -0.2) is 41.9 Å². The van der Waals surface area contributed by atoms with Gasteiger partial charge >= 0.3 is 5.97 Å². The van der Waals surface area contributed by atoms with E-state index in [-0.39, 0.29) is 24.8 Å². The number of benzene rings is 1. The number of halogens is 1. The summed E-state index contributed by atoms with van der Waals surface area (Å²) in [7, 11) is 0. The van der Waals surface area contributed by atoms with Crippen molar-refractivity contribution in [1.82, 2.24) is 10.2 Å². The Kier molecular flexibility index (Phi) is 6.20. The van der Waals surface area contributed by atoms with Crippen LogP contribution in [0.5, 0.6) is 0 Å². The quantitative estimate of drug-likeness (QED) is 0.791. The predicted molar refractivity (Wildman–Crippen MR) is 89.2 cm³/mol. The van der Waals surface area contributed by atoms with E-state index in [2.05, 4.69) is 5.32 Å². The summed E-state index contributed by atoms with van der Waals surface area (Å²) in [5.74, 6) is -1.55. The van der Waals surface area contributed by atoms with Crippen LogP contribution >= 0.6 is 11.6 Å². The molecule has 6 nitrogen and oxygen atoms in total. The summed E-state index contributed by atoms with van der Waals surface area (Å²) < 4.78 is 5.16. The molecule has 24 heavy (non-hydrogen) atoms. The number of rotatable bonds is 6. The van der Waals surface area contributed by atoms with E-state index >= 15 is 0 Å². The standard InChI is InChI=1S/C17H21ClN2O4/c1-3-19-16(22)11(2)24-17(23)13-8-15(21)20(10-13)9-12-6-4-5-7-14(12)18/h4-7,11,13H,3,8-10H2,1-2H3,(H,19,22)/t11-,13+/m1/s1. The van der Waals surface area contributed by atoms with Crippen LogP contribution in [0.3, 0.4) is 0 Å². The van der Waals surface area contributed by atoms with Crippen molar-refractivity contribution >= 4 is 29.4 Å². The van der Waals surface area contributed by atoms with Gasteiger partial charge in [0.2, 0.25) is 5.91 Å². The first-order chi connectivity index (χ1) is 11.4. The van der Waals surface area contributed by atoms with Crippen LogP contribution in [0.25, 0.3) is 0 Å². The molecule has 1 aliphatic rings. The van der Waals surface area contributed by atoms with E-state index < -0.39 is 18.0 Å². The van der Waals surface area contributed by atoms with E-state index in [9.17, 15) is 14.4 Å². The summed E-state index contributed by atoms with van der Waals surface area (Å²) in [6, 6.07) is 7.28. The highest BCUT2D eigenvalue weighted by atomic mass is 35.5. The van der Waals surface area contributed by atoms with Gasteiger partial charge in [-0.25, -0.2) is 0 Å². The van der Waals surface area contributed by atoms with Gasteiger partial charge in [0.1, 0.15) is 0 Å². The molecule has 0 radical (unpaired) electrons. The Hall–Kier alpha value is -2.08. The number of likely N-dealkylation sites (tertiary alicyclic amines) is 1. The predicted octanol–water partition coefficient (Wildman–Crippen LogP) is 1.76. The van der Waals surface area contributed by atoms with Crippen molar-refractivity contribution in [2.75, 3.05) is 13.1 Å². The zero-order valence-electron chi connectivity index (χ0n) is 13.8. The lowest BCUT2D eigenvalue weighted by Crippen LogP contribution is -2.37. The largest absolute Gasteiger partial charge is 0.452 e. The van der Waals surface area contributed by atoms with Crippen LogP contribution < -0.4 is 5.32 Å². The molecule has 1 heterocycles. The molecule has 2 amide bonds. The summed E-state index contributed by atoms with van der Waals surface area (Å²) in [5.41, 5.74) is 0.831. The average Bonchev–Trinajstić information content (AvgIpc) is 2.91. The van der Waals surface area contributed by atoms with Gasteiger partial charge in [-0.2, -0.15) is 0 Å². The maximum Gasteiger partial charge on any atom is 0.312 e. The lowest BCUT2D eigenvalue weighted by atomic mass is 10.1. The van der Waals surface area contributed by atoms with Crippen molar-refractivity contribution in [3.8, 4) is 0 Å². The first-order valence-electron chi connectivity index (χ1n) is 7.91. The van der Waals surface area contributed by atoms with Gasteiger partial charge in [-0.1, -0.05) is 29.8 Å². The zero-order chi connectivity index (χ0) is 17.7. The summed E-state index contributed by atoms with van der Waals surface area (Å²) in [4.78, 5) is 37.5. The highest BCUT2D eigenvalue weighted by Crippen LogP contribution is 2.24. The van der Waals surface area contributed by atoms with Gasteiger partial charge in [0.25, 0.3) is 5.91 Å². The van der Waals surface area contributed by atoms with E-state index in [1.54, 1.807) is 17.9 Å². The molecule has 1 aliphatic heterocycles. The molecule has 0 bridgehead atoms. The third kappa shape index (κ3) is 4.47. The van der Waals surface area contributed by atoms with E-state index in [0.717, 1.165) is 5.56 Å². The molecule has 1 aromatic rings. The number of ether oxygens (including phenoxy) is 1. The Morgan fingerprint density at radius 1 is 1.42 bits per heavy atom. The topological polar surface area (TPSA) is 75.7 Å². The Labute approximate surface area is 146 Å². The van der Waals surface area contributed by atoms with Gasteiger partial charge in [-0.05, 0) is 25.5 Å². The molecule has 0 spiro atoms. The maximum atomic E-state index is 12.2. The number of nitrogens with zero attached hydrogens (tertiary/aromatic N) is 1. The Morgan fingerprint density at radius 3 is 2.79 bits per heavy atom. The number of esters is 1. The molecule has 0 aromatic heterocycles. The fraction of sp³-hybridized carbons (Fsp3) is 0.471. The van der Waals surface area contributed by atoms with Gasteiger partial charge in [0, 0.05) is 31.1 Å². The van der Waals surface area contributed by atoms with Crippen LogP contribution in [0.4, 0.5) is 0 Å². The van der Waals surface area contributed by atoms with Crippen molar-refractivity contribution in [3.63, 3.8) is 0 Å². The molecule has 1 fully saturated rings. The van der Waals surface area contributed by atoms with Crippen molar-refractivity contribution in [2.24, 2.45) is 5.92 Å². The van der Waals surface area contributed by atoms with Crippen LogP contribution in [0.1, 0.15) is 25.8 Å². The first-order valence-corrected chi connectivity index (χ1v) is 8.29. The second-order valence-electron chi connectivity index (χ2n) is 5.74. The smallest absolute Gasteiger partial charge is 0.312 e. The fourth-order valence-corrected chi connectivity index (χ4v) is 2.75. The molecule has 0 saturated carbocycles. The van der Waals surface area contributed by atoms with Crippen LogP contribution in [0.15, 0.2) is 24.3 Å². The summed E-state index contributed by atoms with van der Waals surface area (Å²) in [6.45, 7) is 4.39. The number of amides is 2. The average molecular weight is 353 g/mol. The minimum atomic E-state index is -0.870. The molecule has 1 aromatic carbocycles. The van der Waals surface area contributed by atoms with Gasteiger partial charge in [0.05, 0.1) is 5.92 Å². The van der Waals surface area contributed by atoms with Gasteiger partial charge in [-0.15, -0.1) is 0 Å². The molecular formula is C17H21ClN2O4. The molecule has 2 rings (SSSR count). The lowest BCUT2D eigenvalue weighted by Gasteiger charge is -2.18. The molecule has 1 saturated heterocycles. The number of likely N-dealkylation sites (N-methyl/N-ethyl adjacent to an activating group) is 1. The number of nitrogens with one attached hydrogen (secondary N) is 1. The van der Waals surface area contributed by atoms with Gasteiger partial charge < -0.3 is 15.0 Å². The Bertz CT molecular complexity index is 635. The number of hydrogen-bond acceptors (Lipinski definition) is 4. The van der Waals surface area contributed by atoms with E-state index in [4.69, 9.17) is 16.3 Å². The van der Waals surface area contributed by atoms with Gasteiger partial charge in [0.15, 0.2) is 6.10 Å². The highest BCUT2D eigenvalue weighted by molar-refractivity contribution is 6.31. The number of carbonyl (C=O) groups excluding carboxylic acids is 3. The van der Waals surface area contributed by atoms with Crippen molar-refractivity contribution < 1.29 is 19.1 Å². The number of carbonyl (C=O) groups is 3. The molecule has 1 N–H and O–H groups in total.